The van der Waals surface area contributed by atoms with Gasteiger partial charge in [-0.25, -0.2) is 13.1 Å². The molecule has 0 unspecified atom stereocenters. The minimum Gasteiger partial charge on any atom is -0.378 e. The molecule has 1 amide bonds. The van der Waals surface area contributed by atoms with Gasteiger partial charge < -0.3 is 15.4 Å². The minimum atomic E-state index is -3.46. The molecule has 3 N–H and O–H groups in total. The van der Waals surface area contributed by atoms with Gasteiger partial charge in [0.25, 0.3) is 0 Å². The first kappa shape index (κ1) is 21.9. The first-order valence-electron chi connectivity index (χ1n) is 6.43. The van der Waals surface area contributed by atoms with Crippen molar-refractivity contribution in [1.29, 1.82) is 0 Å². The molecule has 0 rings (SSSR count). The summed E-state index contributed by atoms with van der Waals surface area (Å²) in [5.41, 5.74) is 0. The van der Waals surface area contributed by atoms with E-state index in [2.05, 4.69) is 15.4 Å². The molecule has 122 valence electrons. The highest BCUT2D eigenvalue weighted by Gasteiger charge is 2.12. The molecule has 0 bridgehead atoms. The first-order valence-corrected chi connectivity index (χ1v) is 8.09. The molecule has 0 heterocycles. The Hall–Kier alpha value is -0.410. The molecule has 0 aromatic heterocycles. The number of rotatable bonds is 11. The van der Waals surface area contributed by atoms with Crippen LogP contribution in [-0.4, -0.2) is 59.0 Å². The fraction of sp³-hybridized carbons (Fsp3) is 0.909. The highest BCUT2D eigenvalue weighted by molar-refractivity contribution is 7.89. The molecular weight excluding hydrogens is 306 g/mol. The Morgan fingerprint density at radius 2 is 1.90 bits per heavy atom. The van der Waals surface area contributed by atoms with Crippen molar-refractivity contribution in [2.75, 3.05) is 38.5 Å². The molecule has 0 saturated carbocycles. The second kappa shape index (κ2) is 12.3. The Balaban J connectivity index is 0. The van der Waals surface area contributed by atoms with E-state index in [0.29, 0.717) is 13.1 Å². The summed E-state index contributed by atoms with van der Waals surface area (Å²) in [4.78, 5) is 11.3. The monoisotopic (exact) mass is 331 g/mol. The maximum absolute atomic E-state index is 11.5. The normalized spacial score (nSPS) is 11.2. The quantitative estimate of drug-likeness (QED) is 0.443. The molecule has 7 nitrogen and oxygen atoms in total. The molecule has 9 heteroatoms. The van der Waals surface area contributed by atoms with Crippen molar-refractivity contribution in [3.05, 3.63) is 0 Å². The summed E-state index contributed by atoms with van der Waals surface area (Å²) in [6.45, 7) is 7.48. The maximum atomic E-state index is 11.5. The molecule has 0 radical (unpaired) electrons. The van der Waals surface area contributed by atoms with Crippen LogP contribution < -0.4 is 15.4 Å². The van der Waals surface area contributed by atoms with Gasteiger partial charge in [0.05, 0.1) is 25.0 Å². The minimum absolute atomic E-state index is 0. The lowest BCUT2D eigenvalue weighted by atomic mass is 10.5. The fourth-order valence-corrected chi connectivity index (χ4v) is 1.98. The highest BCUT2D eigenvalue weighted by Crippen LogP contribution is 1.90. The number of carbonyl (C=O) groups is 1. The zero-order chi connectivity index (χ0) is 14.7. The van der Waals surface area contributed by atoms with Gasteiger partial charge in [-0.05, 0) is 20.4 Å². The van der Waals surface area contributed by atoms with E-state index in [0.717, 1.165) is 6.54 Å². The number of sulfonamides is 1. The molecule has 0 aliphatic rings. The summed E-state index contributed by atoms with van der Waals surface area (Å²) in [7, 11) is -3.46. The maximum Gasteiger partial charge on any atom is 0.235 e. The van der Waals surface area contributed by atoms with Crippen LogP contribution in [-0.2, 0) is 19.6 Å². The van der Waals surface area contributed by atoms with Gasteiger partial charge in [-0.3, -0.25) is 4.79 Å². The Labute approximate surface area is 127 Å². The summed E-state index contributed by atoms with van der Waals surface area (Å²) in [5.74, 6) is -0.484. The molecular formula is C11H26ClN3O4S. The standard InChI is InChI=1S/C11H25N3O4S.ClH/c1-4-12-5-6-13-11(15)9-14-19(16,17)8-7-18-10(2)3;/h10,12,14H,4-9H2,1-3H3,(H,13,15);1H. The zero-order valence-electron chi connectivity index (χ0n) is 12.3. The van der Waals surface area contributed by atoms with E-state index in [4.69, 9.17) is 4.74 Å². The Bertz CT molecular complexity index is 350. The van der Waals surface area contributed by atoms with Crippen molar-refractivity contribution in [2.45, 2.75) is 26.9 Å². The van der Waals surface area contributed by atoms with Crippen LogP contribution in [0.5, 0.6) is 0 Å². The average Bonchev–Trinajstić information content (AvgIpc) is 2.31. The number of hydrogen-bond donors (Lipinski definition) is 3. The van der Waals surface area contributed by atoms with Crippen LogP contribution in [0.15, 0.2) is 0 Å². The third-order valence-electron chi connectivity index (χ3n) is 2.13. The predicted octanol–water partition coefficient (Wildman–Crippen LogP) is -0.522. The van der Waals surface area contributed by atoms with Gasteiger partial charge in [-0.15, -0.1) is 12.4 Å². The van der Waals surface area contributed by atoms with Crippen LogP contribution in [0.2, 0.25) is 0 Å². The zero-order valence-corrected chi connectivity index (χ0v) is 13.9. The largest absolute Gasteiger partial charge is 0.378 e. The van der Waals surface area contributed by atoms with Crippen molar-refractivity contribution in [1.82, 2.24) is 15.4 Å². The average molecular weight is 332 g/mol. The lowest BCUT2D eigenvalue weighted by molar-refractivity contribution is -0.119. The number of nitrogens with one attached hydrogen (secondary N) is 3. The Kier molecular flexibility index (Phi) is 13.5. The second-order valence-corrected chi connectivity index (χ2v) is 6.19. The Morgan fingerprint density at radius 3 is 2.45 bits per heavy atom. The number of ether oxygens (including phenoxy) is 1. The summed E-state index contributed by atoms with van der Waals surface area (Å²) in [6.07, 6.45) is -0.00966. The van der Waals surface area contributed by atoms with Crippen LogP contribution in [0.1, 0.15) is 20.8 Å². The lowest BCUT2D eigenvalue weighted by Gasteiger charge is -2.09. The van der Waals surface area contributed by atoms with E-state index in [1.807, 2.05) is 20.8 Å². The van der Waals surface area contributed by atoms with Gasteiger partial charge in [0.1, 0.15) is 0 Å². The van der Waals surface area contributed by atoms with E-state index >= 15 is 0 Å². The smallest absolute Gasteiger partial charge is 0.235 e. The molecule has 0 aromatic carbocycles. The van der Waals surface area contributed by atoms with Crippen LogP contribution in [0, 0.1) is 0 Å². The first-order chi connectivity index (χ1) is 8.87. The second-order valence-electron chi connectivity index (χ2n) is 4.26. The van der Waals surface area contributed by atoms with Crippen LogP contribution in [0.25, 0.3) is 0 Å². The van der Waals surface area contributed by atoms with Crippen molar-refractivity contribution in [3.63, 3.8) is 0 Å². The third-order valence-corrected chi connectivity index (χ3v) is 3.42. The summed E-state index contributed by atoms with van der Waals surface area (Å²) < 4.78 is 30.4. The predicted molar refractivity (Wildman–Crippen MR) is 81.7 cm³/mol. The number of hydrogen-bond acceptors (Lipinski definition) is 5. The van der Waals surface area contributed by atoms with E-state index < -0.39 is 10.0 Å². The van der Waals surface area contributed by atoms with Crippen LogP contribution in [0.4, 0.5) is 0 Å². The van der Waals surface area contributed by atoms with E-state index in [1.165, 1.54) is 0 Å². The van der Waals surface area contributed by atoms with Crippen molar-refractivity contribution >= 4 is 28.3 Å². The number of amides is 1. The SMILES string of the molecule is CCNCCNC(=O)CNS(=O)(=O)CCOC(C)C.Cl. The summed E-state index contributed by atoms with van der Waals surface area (Å²) >= 11 is 0. The number of carbonyl (C=O) groups excluding carboxylic acids is 1. The third kappa shape index (κ3) is 14.0. The fourth-order valence-electron chi connectivity index (χ4n) is 1.17. The van der Waals surface area contributed by atoms with Gasteiger partial charge in [0.15, 0.2) is 0 Å². The summed E-state index contributed by atoms with van der Waals surface area (Å²) in [6, 6.07) is 0. The Morgan fingerprint density at radius 1 is 1.25 bits per heavy atom. The van der Waals surface area contributed by atoms with Crippen LogP contribution in [0.3, 0.4) is 0 Å². The molecule has 0 aliphatic carbocycles. The molecule has 0 aliphatic heterocycles. The van der Waals surface area contributed by atoms with E-state index in [1.54, 1.807) is 0 Å². The van der Waals surface area contributed by atoms with Crippen molar-refractivity contribution < 1.29 is 17.9 Å². The molecule has 0 fully saturated rings. The van der Waals surface area contributed by atoms with Gasteiger partial charge in [0.2, 0.25) is 15.9 Å². The molecule has 20 heavy (non-hydrogen) atoms. The van der Waals surface area contributed by atoms with E-state index in [-0.39, 0.29) is 43.3 Å². The molecule has 0 saturated heterocycles. The number of halogens is 1. The van der Waals surface area contributed by atoms with Gasteiger partial charge in [-0.1, -0.05) is 6.92 Å². The lowest BCUT2D eigenvalue weighted by Crippen LogP contribution is -2.40. The van der Waals surface area contributed by atoms with Crippen molar-refractivity contribution in [3.8, 4) is 0 Å². The topological polar surface area (TPSA) is 96.5 Å². The van der Waals surface area contributed by atoms with Gasteiger partial charge >= 0.3 is 0 Å². The molecule has 0 aromatic rings. The number of likely N-dealkylation sites (N-methyl/N-ethyl adjacent to an activating group) is 1. The van der Waals surface area contributed by atoms with Crippen LogP contribution >= 0.6 is 12.4 Å². The summed E-state index contributed by atoms with van der Waals surface area (Å²) in [5, 5.41) is 5.65. The molecule has 0 spiro atoms. The van der Waals surface area contributed by atoms with Gasteiger partial charge in [0, 0.05) is 13.1 Å². The molecule has 0 atom stereocenters. The highest BCUT2D eigenvalue weighted by atomic mass is 35.5. The van der Waals surface area contributed by atoms with Crippen molar-refractivity contribution in [2.24, 2.45) is 0 Å². The van der Waals surface area contributed by atoms with E-state index in [9.17, 15) is 13.2 Å². The van der Waals surface area contributed by atoms with Gasteiger partial charge in [-0.2, -0.15) is 0 Å².